The van der Waals surface area contributed by atoms with Crippen molar-refractivity contribution in [1.82, 2.24) is 0 Å². The minimum atomic E-state index is -0.183. The Morgan fingerprint density at radius 1 is 1.06 bits per heavy atom. The summed E-state index contributed by atoms with van der Waals surface area (Å²) in [5, 5.41) is 0. The Balaban J connectivity index is 3.63. The van der Waals surface area contributed by atoms with Crippen LogP contribution in [0.5, 0.6) is 0 Å². The molecule has 0 amide bonds. The molecule has 1 unspecified atom stereocenters. The zero-order valence-corrected chi connectivity index (χ0v) is 12.2. The molecule has 0 aliphatic heterocycles. The molecule has 100 valence electrons. The van der Waals surface area contributed by atoms with E-state index in [1.54, 1.807) is 0 Å². The maximum atomic E-state index is 5.61. The van der Waals surface area contributed by atoms with E-state index in [2.05, 4.69) is 6.92 Å². The van der Waals surface area contributed by atoms with E-state index >= 15 is 0 Å². The molecule has 0 fully saturated rings. The van der Waals surface area contributed by atoms with E-state index in [1.165, 1.54) is 32.1 Å². The highest BCUT2D eigenvalue weighted by atomic mass is 32.1. The van der Waals surface area contributed by atoms with Crippen molar-refractivity contribution in [2.24, 2.45) is 11.5 Å². The van der Waals surface area contributed by atoms with Gasteiger partial charge in [0.1, 0.15) is 11.1 Å². The van der Waals surface area contributed by atoms with Gasteiger partial charge in [0.05, 0.1) is 11.6 Å². The highest BCUT2D eigenvalue weighted by molar-refractivity contribution is 7.80. The topological polar surface area (TPSA) is 61.3 Å². The molecule has 3 nitrogen and oxygen atoms in total. The third-order valence-electron chi connectivity index (χ3n) is 2.56. The molecule has 1 atom stereocenters. The first-order valence-electron chi connectivity index (χ1n) is 6.27. The highest BCUT2D eigenvalue weighted by Gasteiger charge is 2.12. The first kappa shape index (κ1) is 16.7. The van der Waals surface area contributed by atoms with Crippen LogP contribution in [0.2, 0.25) is 0 Å². The van der Waals surface area contributed by atoms with Crippen LogP contribution < -0.4 is 11.5 Å². The SMILES string of the molecule is CCCCCCCCC(OCC(N)=S)C(N)=S. The monoisotopic (exact) mass is 276 g/mol. The van der Waals surface area contributed by atoms with Crippen LogP contribution in [0.25, 0.3) is 0 Å². The Hall–Kier alpha value is -0.260. The third kappa shape index (κ3) is 10.6. The molecule has 0 saturated carbocycles. The van der Waals surface area contributed by atoms with Crippen LogP contribution in [0.1, 0.15) is 51.9 Å². The van der Waals surface area contributed by atoms with E-state index in [0.717, 1.165) is 12.8 Å². The molecule has 0 saturated heterocycles. The van der Waals surface area contributed by atoms with Gasteiger partial charge in [-0.05, 0) is 6.42 Å². The van der Waals surface area contributed by atoms with E-state index in [1.807, 2.05) is 0 Å². The molecule has 0 aromatic rings. The zero-order chi connectivity index (χ0) is 13.1. The van der Waals surface area contributed by atoms with E-state index in [-0.39, 0.29) is 12.7 Å². The van der Waals surface area contributed by atoms with Gasteiger partial charge in [-0.1, -0.05) is 69.9 Å². The van der Waals surface area contributed by atoms with Crippen molar-refractivity contribution in [3.05, 3.63) is 0 Å². The summed E-state index contributed by atoms with van der Waals surface area (Å²) in [6.45, 7) is 2.47. The minimum Gasteiger partial charge on any atom is -0.391 e. The number of rotatable bonds is 11. The fraction of sp³-hybridized carbons (Fsp3) is 0.833. The summed E-state index contributed by atoms with van der Waals surface area (Å²) < 4.78 is 5.46. The fourth-order valence-electron chi connectivity index (χ4n) is 1.60. The van der Waals surface area contributed by atoms with Crippen LogP contribution >= 0.6 is 24.4 Å². The van der Waals surface area contributed by atoms with Crippen LogP contribution in [0.3, 0.4) is 0 Å². The second-order valence-corrected chi connectivity index (χ2v) is 5.22. The Labute approximate surface area is 115 Å². The molecule has 0 spiro atoms. The molecule has 0 heterocycles. The zero-order valence-electron chi connectivity index (χ0n) is 10.6. The van der Waals surface area contributed by atoms with Gasteiger partial charge in [0.15, 0.2) is 0 Å². The van der Waals surface area contributed by atoms with Gasteiger partial charge in [-0.2, -0.15) is 0 Å². The summed E-state index contributed by atoms with van der Waals surface area (Å²) in [4.78, 5) is 0.740. The van der Waals surface area contributed by atoms with Crippen LogP contribution in [0, 0.1) is 0 Å². The summed E-state index contributed by atoms with van der Waals surface area (Å²) in [6, 6.07) is 0. The first-order chi connectivity index (χ1) is 8.07. The predicted octanol–water partition coefficient (Wildman–Crippen LogP) is 2.69. The first-order valence-corrected chi connectivity index (χ1v) is 7.08. The van der Waals surface area contributed by atoms with Gasteiger partial charge < -0.3 is 16.2 Å². The van der Waals surface area contributed by atoms with Gasteiger partial charge in [0.25, 0.3) is 0 Å². The lowest BCUT2D eigenvalue weighted by Gasteiger charge is -2.15. The van der Waals surface area contributed by atoms with Crippen molar-refractivity contribution in [3.8, 4) is 0 Å². The lowest BCUT2D eigenvalue weighted by molar-refractivity contribution is 0.124. The Bertz CT molecular complexity index is 235. The second kappa shape index (κ2) is 10.9. The smallest absolute Gasteiger partial charge is 0.108 e. The lowest BCUT2D eigenvalue weighted by Crippen LogP contribution is -2.32. The lowest BCUT2D eigenvalue weighted by atomic mass is 10.1. The van der Waals surface area contributed by atoms with Crippen LogP contribution in [-0.4, -0.2) is 22.7 Å². The summed E-state index contributed by atoms with van der Waals surface area (Å²) in [6.07, 6.45) is 8.14. The summed E-state index contributed by atoms with van der Waals surface area (Å²) in [7, 11) is 0. The van der Waals surface area contributed by atoms with Crippen LogP contribution in [0.4, 0.5) is 0 Å². The van der Waals surface area contributed by atoms with Crippen molar-refractivity contribution in [3.63, 3.8) is 0 Å². The molecule has 4 N–H and O–H groups in total. The third-order valence-corrected chi connectivity index (χ3v) is 2.94. The van der Waals surface area contributed by atoms with Gasteiger partial charge >= 0.3 is 0 Å². The summed E-state index contributed by atoms with van der Waals surface area (Å²) in [5.74, 6) is 0. The van der Waals surface area contributed by atoms with Gasteiger partial charge in [-0.3, -0.25) is 0 Å². The predicted molar refractivity (Wildman–Crippen MR) is 81.3 cm³/mol. The molecule has 0 aromatic heterocycles. The number of hydrogen-bond acceptors (Lipinski definition) is 3. The maximum absolute atomic E-state index is 5.61. The van der Waals surface area contributed by atoms with Crippen molar-refractivity contribution in [2.75, 3.05) is 6.61 Å². The molecule has 5 heteroatoms. The molecule has 0 radical (unpaired) electrons. The highest BCUT2D eigenvalue weighted by Crippen LogP contribution is 2.10. The number of thiocarbonyl (C=S) groups is 2. The molecule has 0 bridgehead atoms. The molecular formula is C12H24N2OS2. The number of ether oxygens (including phenoxy) is 1. The average molecular weight is 276 g/mol. The largest absolute Gasteiger partial charge is 0.391 e. The Morgan fingerprint density at radius 3 is 2.18 bits per heavy atom. The summed E-state index contributed by atoms with van der Waals surface area (Å²) >= 11 is 9.71. The maximum Gasteiger partial charge on any atom is 0.108 e. The van der Waals surface area contributed by atoms with Crippen LogP contribution in [0.15, 0.2) is 0 Å². The number of hydrogen-bond donors (Lipinski definition) is 2. The Morgan fingerprint density at radius 2 is 1.65 bits per heavy atom. The van der Waals surface area contributed by atoms with Crippen molar-refractivity contribution >= 4 is 34.4 Å². The summed E-state index contributed by atoms with van der Waals surface area (Å²) in [5.41, 5.74) is 11.0. The standard InChI is InChI=1S/C12H24N2OS2/c1-2-3-4-5-6-7-8-10(12(14)17)15-9-11(13)16/h10H,2-9H2,1H3,(H2,13,16)(H2,14,17). The molecule has 17 heavy (non-hydrogen) atoms. The molecule has 0 rings (SSSR count). The van der Waals surface area contributed by atoms with E-state index in [4.69, 9.17) is 40.6 Å². The van der Waals surface area contributed by atoms with Crippen molar-refractivity contribution < 1.29 is 4.74 Å². The van der Waals surface area contributed by atoms with Crippen molar-refractivity contribution in [2.45, 2.75) is 58.0 Å². The van der Waals surface area contributed by atoms with Gasteiger partial charge in [0, 0.05) is 0 Å². The van der Waals surface area contributed by atoms with E-state index in [9.17, 15) is 0 Å². The number of unbranched alkanes of at least 4 members (excludes halogenated alkanes) is 5. The quantitative estimate of drug-likeness (QED) is 0.449. The molecule has 0 aromatic carbocycles. The van der Waals surface area contributed by atoms with E-state index in [0.29, 0.717) is 9.98 Å². The van der Waals surface area contributed by atoms with Crippen LogP contribution in [-0.2, 0) is 4.74 Å². The molecule has 0 aliphatic rings. The van der Waals surface area contributed by atoms with Gasteiger partial charge in [-0.25, -0.2) is 0 Å². The number of nitrogens with two attached hydrogens (primary N) is 2. The minimum absolute atomic E-state index is 0.183. The van der Waals surface area contributed by atoms with E-state index < -0.39 is 0 Å². The fourth-order valence-corrected chi connectivity index (χ4v) is 1.85. The molecular weight excluding hydrogens is 252 g/mol. The average Bonchev–Trinajstić information content (AvgIpc) is 2.26. The normalized spacial score (nSPS) is 12.3. The van der Waals surface area contributed by atoms with Gasteiger partial charge in [0.2, 0.25) is 0 Å². The van der Waals surface area contributed by atoms with Crippen molar-refractivity contribution in [1.29, 1.82) is 0 Å². The second-order valence-electron chi connectivity index (χ2n) is 4.22. The Kier molecular flexibility index (Phi) is 10.7. The van der Waals surface area contributed by atoms with Gasteiger partial charge in [-0.15, -0.1) is 0 Å². The molecule has 0 aliphatic carbocycles.